The van der Waals surface area contributed by atoms with Crippen molar-refractivity contribution in [1.82, 2.24) is 29.8 Å². The Morgan fingerprint density at radius 3 is 2.89 bits per heavy atom. The van der Waals surface area contributed by atoms with E-state index in [1.165, 1.54) is 0 Å². The lowest BCUT2D eigenvalue weighted by Gasteiger charge is -2.16. The number of imidazole rings is 1. The SMILES string of the molecule is CNCC(O)COc1cccc(-c2nc(C[C@@H]3CCOC3)c(C)c(-c3ccnc(-n4ccnc4)c3)n2)c1. The first-order valence-electron chi connectivity index (χ1n) is 12.6. The number of benzene rings is 1. The lowest BCUT2D eigenvalue weighted by Crippen LogP contribution is -2.29. The van der Waals surface area contributed by atoms with Crippen LogP contribution in [0.2, 0.25) is 0 Å². The van der Waals surface area contributed by atoms with Crippen LogP contribution in [0.1, 0.15) is 17.7 Å². The fourth-order valence-electron chi connectivity index (χ4n) is 4.50. The van der Waals surface area contributed by atoms with Gasteiger partial charge in [-0.05, 0) is 62.6 Å². The average Bonchev–Trinajstić information content (AvgIpc) is 3.64. The Labute approximate surface area is 216 Å². The molecule has 5 rings (SSSR count). The van der Waals surface area contributed by atoms with Gasteiger partial charge in [-0.3, -0.25) is 4.57 Å². The van der Waals surface area contributed by atoms with Crippen molar-refractivity contribution < 1.29 is 14.6 Å². The van der Waals surface area contributed by atoms with Crippen molar-refractivity contribution in [3.63, 3.8) is 0 Å². The molecule has 1 saturated heterocycles. The number of aromatic nitrogens is 5. The first-order chi connectivity index (χ1) is 18.1. The maximum Gasteiger partial charge on any atom is 0.160 e. The number of rotatable bonds is 10. The third-order valence-corrected chi connectivity index (χ3v) is 6.51. The number of pyridine rings is 1. The monoisotopic (exact) mass is 500 g/mol. The van der Waals surface area contributed by atoms with E-state index >= 15 is 0 Å². The molecule has 3 aromatic heterocycles. The van der Waals surface area contributed by atoms with Crippen molar-refractivity contribution in [2.24, 2.45) is 5.92 Å². The fraction of sp³-hybridized carbons (Fsp3) is 0.357. The normalized spacial score (nSPS) is 16.1. The second-order valence-electron chi connectivity index (χ2n) is 9.32. The Hall–Kier alpha value is -3.66. The lowest BCUT2D eigenvalue weighted by molar-refractivity contribution is 0.108. The van der Waals surface area contributed by atoms with Gasteiger partial charge in [0.2, 0.25) is 0 Å². The van der Waals surface area contributed by atoms with E-state index in [-0.39, 0.29) is 6.61 Å². The molecule has 0 saturated carbocycles. The number of hydrogen-bond donors (Lipinski definition) is 2. The molecule has 1 fully saturated rings. The topological polar surface area (TPSA) is 107 Å². The van der Waals surface area contributed by atoms with Crippen molar-refractivity contribution in [2.75, 3.05) is 33.4 Å². The maximum absolute atomic E-state index is 10.0. The molecule has 0 aliphatic carbocycles. The minimum absolute atomic E-state index is 0.200. The largest absolute Gasteiger partial charge is 0.491 e. The molecule has 2 N–H and O–H groups in total. The predicted molar refractivity (Wildman–Crippen MR) is 141 cm³/mol. The van der Waals surface area contributed by atoms with E-state index in [2.05, 4.69) is 22.2 Å². The van der Waals surface area contributed by atoms with Gasteiger partial charge in [-0.2, -0.15) is 0 Å². The van der Waals surface area contributed by atoms with Crippen molar-refractivity contribution >= 4 is 0 Å². The molecule has 0 amide bonds. The Balaban J connectivity index is 1.52. The summed E-state index contributed by atoms with van der Waals surface area (Å²) in [6.45, 7) is 4.30. The van der Waals surface area contributed by atoms with E-state index in [1.54, 1.807) is 25.8 Å². The van der Waals surface area contributed by atoms with Gasteiger partial charge < -0.3 is 19.9 Å². The van der Waals surface area contributed by atoms with E-state index < -0.39 is 6.10 Å². The highest BCUT2D eigenvalue weighted by molar-refractivity contribution is 5.69. The highest BCUT2D eigenvalue weighted by Gasteiger charge is 2.21. The first-order valence-corrected chi connectivity index (χ1v) is 12.6. The Morgan fingerprint density at radius 2 is 2.11 bits per heavy atom. The number of nitrogens with one attached hydrogen (secondary N) is 1. The van der Waals surface area contributed by atoms with Crippen LogP contribution in [0, 0.1) is 12.8 Å². The zero-order chi connectivity index (χ0) is 25.6. The van der Waals surface area contributed by atoms with Crippen LogP contribution in [-0.2, 0) is 11.2 Å². The van der Waals surface area contributed by atoms with Gasteiger partial charge >= 0.3 is 0 Å². The first kappa shape index (κ1) is 25.0. The van der Waals surface area contributed by atoms with Gasteiger partial charge in [0.15, 0.2) is 5.82 Å². The van der Waals surface area contributed by atoms with Crippen molar-refractivity contribution in [3.05, 3.63) is 72.6 Å². The minimum atomic E-state index is -0.590. The van der Waals surface area contributed by atoms with Gasteiger partial charge in [-0.1, -0.05) is 12.1 Å². The molecule has 9 nitrogen and oxygen atoms in total. The van der Waals surface area contributed by atoms with E-state index in [1.807, 2.05) is 47.2 Å². The molecule has 2 atom stereocenters. The van der Waals surface area contributed by atoms with E-state index in [4.69, 9.17) is 19.4 Å². The molecule has 37 heavy (non-hydrogen) atoms. The standard InChI is InChI=1S/C28H32N6O3/c1-19-25(12-20-7-11-36-16-20)32-28(22-4-3-5-24(13-22)37-17-23(35)15-29-2)33-27(19)21-6-8-31-26(14-21)34-10-9-30-18-34/h3-6,8-10,13-14,18,20,23,29,35H,7,11-12,15-17H2,1-2H3/t20-,23?/m0/s1. The van der Waals surface area contributed by atoms with Gasteiger partial charge in [0.25, 0.3) is 0 Å². The predicted octanol–water partition coefficient (Wildman–Crippen LogP) is 3.24. The van der Waals surface area contributed by atoms with Crippen LogP contribution in [0.25, 0.3) is 28.5 Å². The molecule has 0 radical (unpaired) electrons. The molecule has 1 aromatic carbocycles. The lowest BCUT2D eigenvalue weighted by atomic mass is 9.97. The third-order valence-electron chi connectivity index (χ3n) is 6.51. The summed E-state index contributed by atoms with van der Waals surface area (Å²) in [6, 6.07) is 11.7. The van der Waals surface area contributed by atoms with Crippen LogP contribution in [0.3, 0.4) is 0 Å². The minimum Gasteiger partial charge on any atom is -0.491 e. The molecule has 1 aliphatic heterocycles. The van der Waals surface area contributed by atoms with E-state index in [9.17, 15) is 5.11 Å². The summed E-state index contributed by atoms with van der Waals surface area (Å²) in [5, 5.41) is 13.0. The number of hydrogen-bond acceptors (Lipinski definition) is 8. The molecule has 0 bridgehead atoms. The zero-order valence-corrected chi connectivity index (χ0v) is 21.2. The smallest absolute Gasteiger partial charge is 0.160 e. The van der Waals surface area contributed by atoms with E-state index in [0.717, 1.165) is 60.0 Å². The van der Waals surface area contributed by atoms with Gasteiger partial charge in [-0.25, -0.2) is 19.9 Å². The van der Waals surface area contributed by atoms with Crippen LogP contribution >= 0.6 is 0 Å². The Bertz CT molecular complexity index is 1320. The summed E-state index contributed by atoms with van der Waals surface area (Å²) in [6.07, 6.45) is 8.40. The summed E-state index contributed by atoms with van der Waals surface area (Å²) in [5.41, 5.74) is 4.77. The van der Waals surface area contributed by atoms with Gasteiger partial charge in [0.1, 0.15) is 30.6 Å². The molecule has 0 spiro atoms. The number of ether oxygens (including phenoxy) is 2. The Kier molecular flexibility index (Phi) is 7.84. The van der Waals surface area contributed by atoms with Crippen molar-refractivity contribution in [3.8, 4) is 34.2 Å². The van der Waals surface area contributed by atoms with Crippen LogP contribution in [-0.4, -0.2) is 69.1 Å². The van der Waals surface area contributed by atoms with Gasteiger partial charge in [-0.15, -0.1) is 0 Å². The molecule has 4 heterocycles. The molecular formula is C28H32N6O3. The van der Waals surface area contributed by atoms with Crippen LogP contribution in [0.4, 0.5) is 0 Å². The number of nitrogens with zero attached hydrogens (tertiary/aromatic N) is 5. The zero-order valence-electron chi connectivity index (χ0n) is 21.2. The number of aliphatic hydroxyl groups excluding tert-OH is 1. The summed E-state index contributed by atoms with van der Waals surface area (Å²) in [7, 11) is 1.80. The van der Waals surface area contributed by atoms with E-state index in [0.29, 0.717) is 24.0 Å². The highest BCUT2D eigenvalue weighted by Crippen LogP contribution is 2.31. The third kappa shape index (κ3) is 6.02. The maximum atomic E-state index is 10.0. The van der Waals surface area contributed by atoms with Crippen LogP contribution in [0.5, 0.6) is 5.75 Å². The highest BCUT2D eigenvalue weighted by atomic mass is 16.5. The Morgan fingerprint density at radius 1 is 1.19 bits per heavy atom. The summed E-state index contributed by atoms with van der Waals surface area (Å²) < 4.78 is 13.3. The quantitative estimate of drug-likeness (QED) is 0.342. The van der Waals surface area contributed by atoms with Crippen molar-refractivity contribution in [1.29, 1.82) is 0 Å². The van der Waals surface area contributed by atoms with Crippen LogP contribution in [0.15, 0.2) is 61.3 Å². The molecule has 1 aliphatic rings. The second-order valence-corrected chi connectivity index (χ2v) is 9.32. The molecule has 192 valence electrons. The number of likely N-dealkylation sites (N-methyl/N-ethyl adjacent to an activating group) is 1. The van der Waals surface area contributed by atoms with Gasteiger partial charge in [0.05, 0.1) is 5.69 Å². The fourth-order valence-corrected chi connectivity index (χ4v) is 4.50. The molecule has 1 unspecified atom stereocenters. The molecule has 9 heteroatoms. The molecular weight excluding hydrogens is 468 g/mol. The number of aliphatic hydroxyl groups is 1. The summed E-state index contributed by atoms with van der Waals surface area (Å²) in [4.78, 5) is 18.7. The molecule has 4 aromatic rings. The van der Waals surface area contributed by atoms with Gasteiger partial charge in [0, 0.05) is 55.2 Å². The van der Waals surface area contributed by atoms with Crippen LogP contribution < -0.4 is 10.1 Å². The average molecular weight is 501 g/mol. The summed E-state index contributed by atoms with van der Waals surface area (Å²) in [5.74, 6) is 2.51. The second kappa shape index (κ2) is 11.6. The van der Waals surface area contributed by atoms with Crippen molar-refractivity contribution in [2.45, 2.75) is 25.9 Å². The summed E-state index contributed by atoms with van der Waals surface area (Å²) >= 11 is 0.